The van der Waals surface area contributed by atoms with Crippen LogP contribution in [0.3, 0.4) is 0 Å². The fourth-order valence-corrected chi connectivity index (χ4v) is 2.32. The number of hydrogen-bond donors (Lipinski definition) is 1. The molecule has 0 bridgehead atoms. The van der Waals surface area contributed by atoms with Crippen molar-refractivity contribution in [2.75, 3.05) is 0 Å². The number of hydrogen-bond acceptors (Lipinski definition) is 3. The van der Waals surface area contributed by atoms with Gasteiger partial charge in [0.1, 0.15) is 6.33 Å². The van der Waals surface area contributed by atoms with Gasteiger partial charge in [0.2, 0.25) is 0 Å². The van der Waals surface area contributed by atoms with E-state index in [1.54, 1.807) is 0 Å². The molecule has 0 saturated carbocycles. The third-order valence-corrected chi connectivity index (χ3v) is 3.54. The van der Waals surface area contributed by atoms with E-state index in [4.69, 9.17) is 0 Å². The monoisotopic (exact) mass is 303 g/mol. The molecule has 0 aliphatic rings. The Kier molecular flexibility index (Phi) is 4.43. The second kappa shape index (κ2) is 6.83. The molecule has 4 heteroatoms. The zero-order valence-corrected chi connectivity index (χ0v) is 12.9. The Morgan fingerprint density at radius 2 is 1.65 bits per heavy atom. The van der Waals surface area contributed by atoms with Gasteiger partial charge in [0.15, 0.2) is 0 Å². The molecular weight excluding hydrogens is 286 g/mol. The molecule has 4 nitrogen and oxygen atoms in total. The van der Waals surface area contributed by atoms with Gasteiger partial charge in [-0.3, -0.25) is 4.79 Å². The summed E-state index contributed by atoms with van der Waals surface area (Å²) in [4.78, 5) is 20.4. The Hall–Kier alpha value is -3.01. The van der Waals surface area contributed by atoms with E-state index in [1.807, 2.05) is 67.6 Å². The van der Waals surface area contributed by atoms with Crippen molar-refractivity contribution in [1.82, 2.24) is 15.3 Å². The largest absolute Gasteiger partial charge is 0.346 e. The maximum atomic E-state index is 12.2. The van der Waals surface area contributed by atoms with Crippen molar-refractivity contribution in [3.8, 4) is 11.1 Å². The Labute approximate surface area is 135 Å². The molecule has 0 fully saturated rings. The summed E-state index contributed by atoms with van der Waals surface area (Å²) >= 11 is 0. The number of carbonyl (C=O) groups excluding carboxylic acids is 1. The van der Waals surface area contributed by atoms with Gasteiger partial charge in [0.05, 0.1) is 12.2 Å². The lowest BCUT2D eigenvalue weighted by molar-refractivity contribution is 0.0950. The molecule has 1 N–H and O–H groups in total. The maximum absolute atomic E-state index is 12.2. The highest BCUT2D eigenvalue weighted by Gasteiger charge is 2.06. The molecule has 0 aliphatic carbocycles. The predicted octanol–water partition coefficient (Wildman–Crippen LogP) is 3.38. The fraction of sp³-hybridized carbons (Fsp3) is 0.105. The van der Waals surface area contributed by atoms with Gasteiger partial charge in [0.25, 0.3) is 5.91 Å². The molecule has 0 unspecified atom stereocenters. The Morgan fingerprint density at radius 3 is 2.35 bits per heavy atom. The van der Waals surface area contributed by atoms with Crippen LogP contribution in [0.2, 0.25) is 0 Å². The summed E-state index contributed by atoms with van der Waals surface area (Å²) in [6, 6.07) is 19.5. The van der Waals surface area contributed by atoms with E-state index in [9.17, 15) is 4.79 Å². The molecule has 3 rings (SSSR count). The van der Waals surface area contributed by atoms with Crippen molar-refractivity contribution < 1.29 is 4.79 Å². The zero-order chi connectivity index (χ0) is 16.1. The van der Waals surface area contributed by atoms with Crippen molar-refractivity contribution in [2.24, 2.45) is 0 Å². The van der Waals surface area contributed by atoms with Gasteiger partial charge in [-0.15, -0.1) is 0 Å². The van der Waals surface area contributed by atoms with Crippen LogP contribution in [-0.2, 0) is 6.54 Å². The first-order chi connectivity index (χ1) is 11.2. The summed E-state index contributed by atoms with van der Waals surface area (Å²) < 4.78 is 0. The first-order valence-corrected chi connectivity index (χ1v) is 7.43. The normalized spacial score (nSPS) is 10.3. The van der Waals surface area contributed by atoms with Crippen LogP contribution in [0, 0.1) is 6.92 Å². The summed E-state index contributed by atoms with van der Waals surface area (Å²) in [6.45, 7) is 2.29. The van der Waals surface area contributed by atoms with E-state index < -0.39 is 0 Å². The molecular formula is C19H17N3O. The number of rotatable bonds is 4. The number of aryl methyl sites for hydroxylation is 1. The summed E-state index contributed by atoms with van der Waals surface area (Å²) in [5, 5.41) is 2.87. The number of benzene rings is 2. The van der Waals surface area contributed by atoms with Crippen LogP contribution in [0.5, 0.6) is 0 Å². The molecule has 0 saturated heterocycles. The van der Waals surface area contributed by atoms with E-state index in [-0.39, 0.29) is 5.91 Å². The lowest BCUT2D eigenvalue weighted by Crippen LogP contribution is -2.23. The number of nitrogens with one attached hydrogen (secondary N) is 1. The highest BCUT2D eigenvalue weighted by molar-refractivity contribution is 5.94. The number of nitrogens with zero attached hydrogens (tertiary/aromatic N) is 2. The van der Waals surface area contributed by atoms with Crippen LogP contribution in [-0.4, -0.2) is 15.9 Å². The third-order valence-electron chi connectivity index (χ3n) is 3.54. The van der Waals surface area contributed by atoms with Crippen LogP contribution < -0.4 is 5.32 Å². The molecule has 0 atom stereocenters. The Morgan fingerprint density at radius 1 is 0.957 bits per heavy atom. The van der Waals surface area contributed by atoms with Crippen LogP contribution in [0.25, 0.3) is 11.1 Å². The minimum atomic E-state index is -0.110. The number of carbonyl (C=O) groups is 1. The molecule has 1 amide bonds. The van der Waals surface area contributed by atoms with E-state index in [2.05, 4.69) is 15.3 Å². The molecule has 0 radical (unpaired) electrons. The predicted molar refractivity (Wildman–Crippen MR) is 89.8 cm³/mol. The van der Waals surface area contributed by atoms with Crippen molar-refractivity contribution in [2.45, 2.75) is 13.5 Å². The Bertz CT molecular complexity index is 798. The third kappa shape index (κ3) is 3.80. The van der Waals surface area contributed by atoms with Gasteiger partial charge in [0, 0.05) is 11.3 Å². The molecule has 114 valence electrons. The van der Waals surface area contributed by atoms with E-state index in [1.165, 1.54) is 6.33 Å². The van der Waals surface area contributed by atoms with Gasteiger partial charge in [-0.1, -0.05) is 42.5 Å². The topological polar surface area (TPSA) is 54.9 Å². The molecule has 0 spiro atoms. The van der Waals surface area contributed by atoms with Crippen LogP contribution in [0.4, 0.5) is 0 Å². The molecule has 1 aromatic heterocycles. The minimum Gasteiger partial charge on any atom is -0.346 e. The molecule has 1 heterocycles. The molecule has 23 heavy (non-hydrogen) atoms. The second-order valence-electron chi connectivity index (χ2n) is 5.28. The molecule has 0 aliphatic heterocycles. The maximum Gasteiger partial charge on any atom is 0.251 e. The summed E-state index contributed by atoms with van der Waals surface area (Å²) in [6.07, 6.45) is 1.51. The fourth-order valence-electron chi connectivity index (χ4n) is 2.32. The quantitative estimate of drug-likeness (QED) is 0.804. The van der Waals surface area contributed by atoms with E-state index >= 15 is 0 Å². The molecule has 2 aromatic carbocycles. The lowest BCUT2D eigenvalue weighted by Gasteiger charge is -2.06. The van der Waals surface area contributed by atoms with Crippen LogP contribution in [0.1, 0.15) is 21.7 Å². The first kappa shape index (κ1) is 14.9. The van der Waals surface area contributed by atoms with Crippen molar-refractivity contribution in [1.29, 1.82) is 0 Å². The summed E-state index contributed by atoms with van der Waals surface area (Å²) in [5.41, 5.74) is 4.54. The van der Waals surface area contributed by atoms with Gasteiger partial charge in [-0.25, -0.2) is 9.97 Å². The average molecular weight is 303 g/mol. The highest BCUT2D eigenvalue weighted by atomic mass is 16.1. The standard InChI is InChI=1S/C19H17N3O/c1-14-11-18(22-13-21-14)12-20-19(23)17-9-7-16(8-10-17)15-5-3-2-4-6-15/h2-11,13H,12H2,1H3,(H,20,23). The number of amides is 1. The van der Waals surface area contributed by atoms with Gasteiger partial charge in [-0.2, -0.15) is 0 Å². The average Bonchev–Trinajstić information content (AvgIpc) is 2.61. The van der Waals surface area contributed by atoms with Crippen LogP contribution in [0.15, 0.2) is 67.0 Å². The van der Waals surface area contributed by atoms with Gasteiger partial charge in [-0.05, 0) is 36.2 Å². The molecule has 3 aromatic rings. The smallest absolute Gasteiger partial charge is 0.251 e. The Balaban J connectivity index is 1.66. The first-order valence-electron chi connectivity index (χ1n) is 7.43. The van der Waals surface area contributed by atoms with Crippen LogP contribution >= 0.6 is 0 Å². The van der Waals surface area contributed by atoms with Crippen molar-refractivity contribution >= 4 is 5.91 Å². The summed E-state index contributed by atoms with van der Waals surface area (Å²) in [7, 11) is 0. The summed E-state index contributed by atoms with van der Waals surface area (Å²) in [5.74, 6) is -0.110. The SMILES string of the molecule is Cc1cc(CNC(=O)c2ccc(-c3ccccc3)cc2)ncn1. The minimum absolute atomic E-state index is 0.110. The lowest BCUT2D eigenvalue weighted by atomic mass is 10.0. The van der Waals surface area contributed by atoms with Crippen molar-refractivity contribution in [3.63, 3.8) is 0 Å². The van der Waals surface area contributed by atoms with E-state index in [0.29, 0.717) is 12.1 Å². The van der Waals surface area contributed by atoms with Crippen molar-refractivity contribution in [3.05, 3.63) is 83.9 Å². The van der Waals surface area contributed by atoms with Gasteiger partial charge < -0.3 is 5.32 Å². The van der Waals surface area contributed by atoms with Gasteiger partial charge >= 0.3 is 0 Å². The highest BCUT2D eigenvalue weighted by Crippen LogP contribution is 2.19. The second-order valence-corrected chi connectivity index (χ2v) is 5.28. The zero-order valence-electron chi connectivity index (χ0n) is 12.9. The van der Waals surface area contributed by atoms with E-state index in [0.717, 1.165) is 22.5 Å². The number of aromatic nitrogens is 2.